The van der Waals surface area contributed by atoms with Crippen LogP contribution in [0.5, 0.6) is 0 Å². The third-order valence-corrected chi connectivity index (χ3v) is 2.84. The molecule has 0 bridgehead atoms. The predicted molar refractivity (Wildman–Crippen MR) is 102 cm³/mol. The predicted octanol–water partition coefficient (Wildman–Crippen LogP) is 1.43. The molecule has 0 heterocycles. The van der Waals surface area contributed by atoms with E-state index in [0.717, 1.165) is 0 Å². The number of nitrogens with zero attached hydrogens (tertiary/aromatic N) is 1. The quantitative estimate of drug-likeness (QED) is 0.374. The molecule has 0 radical (unpaired) electrons. The van der Waals surface area contributed by atoms with Crippen molar-refractivity contribution in [2.75, 3.05) is 32.8 Å². The lowest BCUT2D eigenvalue weighted by Gasteiger charge is -2.24. The van der Waals surface area contributed by atoms with Gasteiger partial charge in [0.1, 0.15) is 11.2 Å². The van der Waals surface area contributed by atoms with Crippen molar-refractivity contribution >= 4 is 24.1 Å². The van der Waals surface area contributed by atoms with E-state index in [1.165, 1.54) is 4.90 Å². The fourth-order valence-electron chi connectivity index (χ4n) is 1.85. The summed E-state index contributed by atoms with van der Waals surface area (Å²) in [5, 5.41) is 5.01. The van der Waals surface area contributed by atoms with Gasteiger partial charge in [0.15, 0.2) is 0 Å². The third-order valence-electron chi connectivity index (χ3n) is 2.84. The number of carbonyl (C=O) groups is 4. The molecule has 0 saturated heterocycles. The van der Waals surface area contributed by atoms with Gasteiger partial charge in [-0.05, 0) is 48.5 Å². The summed E-state index contributed by atoms with van der Waals surface area (Å²) in [6.07, 6.45) is -1.27. The summed E-state index contributed by atoms with van der Waals surface area (Å²) in [5.74, 6) is -1.86. The molecule has 10 heteroatoms. The maximum atomic E-state index is 12.2. The number of carbonyl (C=O) groups excluding carboxylic acids is 4. The highest BCUT2D eigenvalue weighted by molar-refractivity contribution is 6.32. The van der Waals surface area contributed by atoms with E-state index in [4.69, 9.17) is 14.2 Å². The summed E-state index contributed by atoms with van der Waals surface area (Å²) in [6.45, 7) is 12.2. The summed E-state index contributed by atoms with van der Waals surface area (Å²) < 4.78 is 14.9. The summed E-state index contributed by atoms with van der Waals surface area (Å²) in [4.78, 5) is 48.5. The second-order valence-electron chi connectivity index (χ2n) is 7.87. The number of alkyl carbamates (subject to hydrolysis) is 2. The number of rotatable bonds is 7. The zero-order valence-electron chi connectivity index (χ0n) is 17.8. The molecule has 0 rings (SSSR count). The summed E-state index contributed by atoms with van der Waals surface area (Å²) in [5.41, 5.74) is -1.30. The highest BCUT2D eigenvalue weighted by Gasteiger charge is 2.24. The highest BCUT2D eigenvalue weighted by atomic mass is 16.6. The SMILES string of the molecule is CCOC(=O)C(=O)N(CCNC(=O)OC(C)(C)C)CCNC(=O)OC(C)(C)C. The van der Waals surface area contributed by atoms with Crippen molar-refractivity contribution in [2.45, 2.75) is 59.7 Å². The van der Waals surface area contributed by atoms with Crippen molar-refractivity contribution in [3.8, 4) is 0 Å². The van der Waals surface area contributed by atoms with Crippen LogP contribution in [-0.4, -0.2) is 73.0 Å². The van der Waals surface area contributed by atoms with Crippen molar-refractivity contribution in [3.05, 3.63) is 0 Å². The van der Waals surface area contributed by atoms with Crippen LogP contribution >= 0.6 is 0 Å². The lowest BCUT2D eigenvalue weighted by Crippen LogP contribution is -2.46. The number of amides is 3. The molecular formula is C18H33N3O7. The molecule has 0 fully saturated rings. The largest absolute Gasteiger partial charge is 0.459 e. The van der Waals surface area contributed by atoms with E-state index in [0.29, 0.717) is 0 Å². The average Bonchev–Trinajstić information content (AvgIpc) is 2.49. The van der Waals surface area contributed by atoms with E-state index in [2.05, 4.69) is 10.6 Å². The Morgan fingerprint density at radius 2 is 1.18 bits per heavy atom. The molecule has 162 valence electrons. The molecular weight excluding hydrogens is 370 g/mol. The van der Waals surface area contributed by atoms with E-state index in [9.17, 15) is 19.2 Å². The minimum atomic E-state index is -1.00. The van der Waals surface area contributed by atoms with Crippen molar-refractivity contribution in [2.24, 2.45) is 0 Å². The molecule has 0 aliphatic carbocycles. The maximum absolute atomic E-state index is 12.2. The van der Waals surface area contributed by atoms with Crippen molar-refractivity contribution in [1.82, 2.24) is 15.5 Å². The lowest BCUT2D eigenvalue weighted by molar-refractivity contribution is -0.159. The number of ether oxygens (including phenoxy) is 3. The number of esters is 1. The van der Waals surface area contributed by atoms with Crippen LogP contribution in [0, 0.1) is 0 Å². The van der Waals surface area contributed by atoms with Crippen LogP contribution in [0.4, 0.5) is 9.59 Å². The minimum absolute atomic E-state index is 0.0346. The molecule has 0 aromatic heterocycles. The van der Waals surface area contributed by atoms with Crippen molar-refractivity contribution in [3.63, 3.8) is 0 Å². The number of nitrogens with one attached hydrogen (secondary N) is 2. The smallest absolute Gasteiger partial charge is 0.407 e. The number of hydrogen-bond acceptors (Lipinski definition) is 7. The van der Waals surface area contributed by atoms with Gasteiger partial charge in [0.2, 0.25) is 0 Å². The third kappa shape index (κ3) is 12.8. The molecule has 10 nitrogen and oxygen atoms in total. The first-order chi connectivity index (χ1) is 12.7. The number of hydrogen-bond donors (Lipinski definition) is 2. The van der Waals surface area contributed by atoms with Crippen LogP contribution < -0.4 is 10.6 Å². The molecule has 0 saturated carbocycles. The first-order valence-electron chi connectivity index (χ1n) is 9.15. The fourth-order valence-corrected chi connectivity index (χ4v) is 1.85. The van der Waals surface area contributed by atoms with Gasteiger partial charge in [-0.1, -0.05) is 0 Å². The Labute approximate surface area is 166 Å². The monoisotopic (exact) mass is 403 g/mol. The standard InChI is InChI=1S/C18H33N3O7/c1-8-26-14(23)13(22)21(11-9-19-15(24)27-17(2,3)4)12-10-20-16(25)28-18(5,6)7/h8-12H2,1-7H3,(H,19,24)(H,20,25). The summed E-state index contributed by atoms with van der Waals surface area (Å²) in [6, 6.07) is 0. The minimum Gasteiger partial charge on any atom is -0.459 e. The molecule has 2 N–H and O–H groups in total. The Bertz CT molecular complexity index is 516. The second kappa shape index (κ2) is 11.4. The van der Waals surface area contributed by atoms with Crippen molar-refractivity contribution in [1.29, 1.82) is 0 Å². The van der Waals surface area contributed by atoms with Gasteiger partial charge in [-0.25, -0.2) is 14.4 Å². The van der Waals surface area contributed by atoms with Crippen molar-refractivity contribution < 1.29 is 33.4 Å². The first-order valence-corrected chi connectivity index (χ1v) is 9.15. The van der Waals surface area contributed by atoms with E-state index in [1.807, 2.05) is 0 Å². The zero-order valence-corrected chi connectivity index (χ0v) is 17.8. The molecule has 0 atom stereocenters. The lowest BCUT2D eigenvalue weighted by atomic mass is 10.2. The van der Waals surface area contributed by atoms with Gasteiger partial charge in [0, 0.05) is 26.2 Å². The molecule has 28 heavy (non-hydrogen) atoms. The Morgan fingerprint density at radius 1 is 0.786 bits per heavy atom. The fraction of sp³-hybridized carbons (Fsp3) is 0.778. The van der Waals surface area contributed by atoms with Gasteiger partial charge >= 0.3 is 24.1 Å². The topological polar surface area (TPSA) is 123 Å². The van der Waals surface area contributed by atoms with Crippen LogP contribution in [-0.2, 0) is 23.8 Å². The zero-order chi connectivity index (χ0) is 22.0. The van der Waals surface area contributed by atoms with Crippen LogP contribution in [0.1, 0.15) is 48.5 Å². The molecule has 0 aromatic carbocycles. The Morgan fingerprint density at radius 3 is 1.50 bits per heavy atom. The van der Waals surface area contributed by atoms with E-state index in [1.54, 1.807) is 48.5 Å². The Balaban J connectivity index is 4.67. The van der Waals surface area contributed by atoms with Gasteiger partial charge in [0.05, 0.1) is 6.61 Å². The van der Waals surface area contributed by atoms with E-state index < -0.39 is 35.3 Å². The van der Waals surface area contributed by atoms with Gasteiger partial charge in [0.25, 0.3) is 0 Å². The second-order valence-corrected chi connectivity index (χ2v) is 7.87. The Hall–Kier alpha value is -2.52. The van der Waals surface area contributed by atoms with Gasteiger partial charge in [-0.3, -0.25) is 4.79 Å². The average molecular weight is 403 g/mol. The van der Waals surface area contributed by atoms with Gasteiger partial charge in [-0.2, -0.15) is 0 Å². The molecule has 0 aliphatic rings. The molecule has 3 amide bonds. The molecule has 0 spiro atoms. The van der Waals surface area contributed by atoms with Crippen LogP contribution in [0.15, 0.2) is 0 Å². The van der Waals surface area contributed by atoms with E-state index in [-0.39, 0.29) is 32.8 Å². The summed E-state index contributed by atoms with van der Waals surface area (Å²) >= 11 is 0. The van der Waals surface area contributed by atoms with Gasteiger partial charge in [-0.15, -0.1) is 0 Å². The first kappa shape index (κ1) is 25.5. The van der Waals surface area contributed by atoms with Crippen LogP contribution in [0.3, 0.4) is 0 Å². The Kier molecular flexibility index (Phi) is 10.3. The molecule has 0 aliphatic heterocycles. The van der Waals surface area contributed by atoms with Crippen LogP contribution in [0.2, 0.25) is 0 Å². The molecule has 0 unspecified atom stereocenters. The van der Waals surface area contributed by atoms with E-state index >= 15 is 0 Å². The molecule has 0 aromatic rings. The van der Waals surface area contributed by atoms with Crippen LogP contribution in [0.25, 0.3) is 0 Å². The maximum Gasteiger partial charge on any atom is 0.407 e. The normalized spacial score (nSPS) is 11.2. The summed E-state index contributed by atoms with van der Waals surface area (Å²) in [7, 11) is 0. The van der Waals surface area contributed by atoms with Gasteiger partial charge < -0.3 is 29.7 Å². The highest BCUT2D eigenvalue weighted by Crippen LogP contribution is 2.07.